The zero-order valence-corrected chi connectivity index (χ0v) is 18.1. The van der Waals surface area contributed by atoms with Gasteiger partial charge in [0.15, 0.2) is 0 Å². The number of rotatable bonds is 9. The van der Waals surface area contributed by atoms with Crippen LogP contribution in [0.5, 0.6) is 0 Å². The molecule has 0 amide bonds. The third-order valence-corrected chi connectivity index (χ3v) is 5.97. The summed E-state index contributed by atoms with van der Waals surface area (Å²) in [6.07, 6.45) is -7.01. The zero-order valence-electron chi connectivity index (χ0n) is 18.1. The van der Waals surface area contributed by atoms with E-state index < -0.39 is 36.6 Å². The van der Waals surface area contributed by atoms with Crippen LogP contribution in [0.15, 0.2) is 36.4 Å². The lowest BCUT2D eigenvalue weighted by Gasteiger charge is -2.38. The van der Waals surface area contributed by atoms with E-state index in [-0.39, 0.29) is 12.8 Å². The van der Waals surface area contributed by atoms with Gasteiger partial charge in [0.2, 0.25) is 0 Å². The molecule has 0 saturated heterocycles. The van der Waals surface area contributed by atoms with E-state index in [1.54, 1.807) is 0 Å². The number of hydrogen-bond donors (Lipinski definition) is 6. The van der Waals surface area contributed by atoms with Gasteiger partial charge in [0, 0.05) is 12.8 Å². The Morgan fingerprint density at radius 3 is 1.50 bits per heavy atom. The van der Waals surface area contributed by atoms with E-state index in [4.69, 9.17) is 5.11 Å². The first-order valence-corrected chi connectivity index (χ1v) is 10.2. The average Bonchev–Trinajstić information content (AvgIpc) is 2.71. The summed E-state index contributed by atoms with van der Waals surface area (Å²) < 4.78 is 0. The summed E-state index contributed by atoms with van der Waals surface area (Å²) in [7, 11) is 0. The third kappa shape index (κ3) is 5.66. The first kappa shape index (κ1) is 24.5. The molecule has 30 heavy (non-hydrogen) atoms. The van der Waals surface area contributed by atoms with Crippen LogP contribution < -0.4 is 0 Å². The normalized spacial score (nSPS) is 16.2. The van der Waals surface area contributed by atoms with E-state index >= 15 is 0 Å². The summed E-state index contributed by atoms with van der Waals surface area (Å²) in [6.45, 7) is 7.08. The molecule has 0 radical (unpaired) electrons. The molecule has 2 aromatic carbocycles. The molecule has 0 fully saturated rings. The van der Waals surface area contributed by atoms with Gasteiger partial charge in [0.25, 0.3) is 0 Å². The smallest absolute Gasteiger partial charge is 0.112 e. The molecule has 4 atom stereocenters. The molecule has 2 aromatic rings. The van der Waals surface area contributed by atoms with Gasteiger partial charge in [0.05, 0.1) is 6.61 Å². The van der Waals surface area contributed by atoms with E-state index in [1.165, 1.54) is 0 Å². The van der Waals surface area contributed by atoms with Crippen LogP contribution in [0.4, 0.5) is 0 Å². The van der Waals surface area contributed by atoms with Crippen molar-refractivity contribution in [3.63, 3.8) is 0 Å². The number of aryl methyl sites for hydroxylation is 4. The minimum Gasteiger partial charge on any atom is -0.394 e. The monoisotopic (exact) mass is 418 g/mol. The zero-order chi connectivity index (χ0) is 22.6. The van der Waals surface area contributed by atoms with Crippen molar-refractivity contribution in [2.45, 2.75) is 70.6 Å². The van der Waals surface area contributed by atoms with E-state index in [2.05, 4.69) is 0 Å². The van der Waals surface area contributed by atoms with Gasteiger partial charge in [-0.3, -0.25) is 0 Å². The van der Waals surface area contributed by atoms with E-state index in [0.717, 1.165) is 33.4 Å². The van der Waals surface area contributed by atoms with Crippen LogP contribution in [-0.4, -0.2) is 67.3 Å². The van der Waals surface area contributed by atoms with Crippen molar-refractivity contribution in [2.24, 2.45) is 0 Å². The second kappa shape index (κ2) is 10.0. The molecule has 6 nitrogen and oxygen atoms in total. The van der Waals surface area contributed by atoms with Crippen molar-refractivity contribution in [3.05, 3.63) is 69.8 Å². The highest BCUT2D eigenvalue weighted by atomic mass is 16.4. The molecule has 166 valence electrons. The molecular weight excluding hydrogens is 384 g/mol. The van der Waals surface area contributed by atoms with E-state index in [1.807, 2.05) is 64.1 Å². The Morgan fingerprint density at radius 1 is 0.700 bits per heavy atom. The number of hydrogen-bond acceptors (Lipinski definition) is 6. The van der Waals surface area contributed by atoms with Gasteiger partial charge in [-0.05, 0) is 61.1 Å². The van der Waals surface area contributed by atoms with Crippen molar-refractivity contribution < 1.29 is 30.6 Å². The maximum Gasteiger partial charge on any atom is 0.112 e. The van der Waals surface area contributed by atoms with Gasteiger partial charge >= 0.3 is 0 Å². The molecule has 0 aliphatic rings. The Morgan fingerprint density at radius 2 is 1.13 bits per heavy atom. The topological polar surface area (TPSA) is 121 Å². The van der Waals surface area contributed by atoms with Crippen molar-refractivity contribution in [2.75, 3.05) is 6.61 Å². The Hall–Kier alpha value is -1.80. The quantitative estimate of drug-likeness (QED) is 0.359. The highest BCUT2D eigenvalue weighted by Gasteiger charge is 2.44. The van der Waals surface area contributed by atoms with Crippen molar-refractivity contribution in [3.8, 4) is 0 Å². The molecule has 0 aliphatic heterocycles. The highest BCUT2D eigenvalue weighted by molar-refractivity contribution is 5.33. The van der Waals surface area contributed by atoms with Crippen LogP contribution >= 0.6 is 0 Å². The summed E-state index contributed by atoms with van der Waals surface area (Å²) in [5.41, 5.74) is 3.98. The van der Waals surface area contributed by atoms with Crippen LogP contribution in [0, 0.1) is 27.7 Å². The van der Waals surface area contributed by atoms with Crippen molar-refractivity contribution >= 4 is 0 Å². The molecule has 2 rings (SSSR count). The van der Waals surface area contributed by atoms with Crippen molar-refractivity contribution in [1.29, 1.82) is 0 Å². The largest absolute Gasteiger partial charge is 0.394 e. The molecule has 6 heteroatoms. The summed E-state index contributed by atoms with van der Waals surface area (Å²) in [5.74, 6) is 0. The predicted molar refractivity (Wildman–Crippen MR) is 115 cm³/mol. The van der Waals surface area contributed by atoms with Gasteiger partial charge in [-0.2, -0.15) is 0 Å². The lowest BCUT2D eigenvalue weighted by molar-refractivity contribution is -0.172. The van der Waals surface area contributed by atoms with Gasteiger partial charge in [-0.1, -0.05) is 36.4 Å². The second-order valence-electron chi connectivity index (χ2n) is 8.47. The maximum absolute atomic E-state index is 11.5. The van der Waals surface area contributed by atoms with Crippen molar-refractivity contribution in [1.82, 2.24) is 0 Å². The Kier molecular flexibility index (Phi) is 8.16. The van der Waals surface area contributed by atoms with E-state index in [9.17, 15) is 25.5 Å². The van der Waals surface area contributed by atoms with Crippen LogP contribution in [-0.2, 0) is 12.8 Å². The fourth-order valence-electron chi connectivity index (χ4n) is 3.65. The van der Waals surface area contributed by atoms with Crippen LogP contribution in [0.2, 0.25) is 0 Å². The SMILES string of the molecule is Cc1ccc(CC(O)(Cc2ccc(C)c(C)c2)[C@H](O)[C@@H](O)[C@H](O)[C@H](O)CO)cc1C. The van der Waals surface area contributed by atoms with Gasteiger partial charge < -0.3 is 30.6 Å². The van der Waals surface area contributed by atoms with Crippen LogP contribution in [0.3, 0.4) is 0 Å². The summed E-state index contributed by atoms with van der Waals surface area (Å²) in [6, 6.07) is 11.4. The fourth-order valence-corrected chi connectivity index (χ4v) is 3.65. The Labute approximate surface area is 178 Å². The summed E-state index contributed by atoms with van der Waals surface area (Å²) in [5, 5.41) is 61.6. The fraction of sp³-hybridized carbons (Fsp3) is 0.500. The number of aliphatic hydroxyl groups is 6. The number of aliphatic hydroxyl groups excluding tert-OH is 5. The molecule has 0 aromatic heterocycles. The standard InChI is InChI=1S/C24H34O6/c1-14-5-7-18(9-16(14)3)11-24(30,12-19-8-6-15(2)17(4)10-19)23(29)22(28)21(27)20(26)13-25/h5-10,20-23,25-30H,11-13H2,1-4H3/t20-,21-,22+,23-/m1/s1. The molecular formula is C24H34O6. The molecule has 0 spiro atoms. The van der Waals surface area contributed by atoms with E-state index in [0.29, 0.717) is 0 Å². The predicted octanol–water partition coefficient (Wildman–Crippen LogP) is 0.872. The average molecular weight is 419 g/mol. The second-order valence-corrected chi connectivity index (χ2v) is 8.47. The van der Waals surface area contributed by atoms with Gasteiger partial charge in [0.1, 0.15) is 30.0 Å². The minimum absolute atomic E-state index is 0.0290. The summed E-state index contributed by atoms with van der Waals surface area (Å²) in [4.78, 5) is 0. The Balaban J connectivity index is 2.41. The third-order valence-electron chi connectivity index (χ3n) is 5.97. The van der Waals surface area contributed by atoms with Crippen LogP contribution in [0.1, 0.15) is 33.4 Å². The minimum atomic E-state index is -1.85. The lowest BCUT2D eigenvalue weighted by atomic mass is 9.79. The molecule has 0 aliphatic carbocycles. The molecule has 6 N–H and O–H groups in total. The lowest BCUT2D eigenvalue weighted by Crippen LogP contribution is -2.57. The van der Waals surface area contributed by atoms with Gasteiger partial charge in [-0.15, -0.1) is 0 Å². The Bertz CT molecular complexity index is 796. The molecule has 0 bridgehead atoms. The number of benzene rings is 2. The first-order chi connectivity index (χ1) is 14.0. The molecule has 0 heterocycles. The van der Waals surface area contributed by atoms with Gasteiger partial charge in [-0.25, -0.2) is 0 Å². The highest BCUT2D eigenvalue weighted by Crippen LogP contribution is 2.28. The first-order valence-electron chi connectivity index (χ1n) is 10.2. The molecule has 0 saturated carbocycles. The molecule has 0 unspecified atom stereocenters. The maximum atomic E-state index is 11.5. The van der Waals surface area contributed by atoms with Crippen LogP contribution in [0.25, 0.3) is 0 Å². The summed E-state index contributed by atoms with van der Waals surface area (Å²) >= 11 is 0.